The number of hydrogen-bond donors (Lipinski definition) is 1. The van der Waals surface area contributed by atoms with E-state index in [4.69, 9.17) is 0 Å². The summed E-state index contributed by atoms with van der Waals surface area (Å²) in [7, 11) is 0. The van der Waals surface area contributed by atoms with Crippen LogP contribution in [0.5, 0.6) is 0 Å². The molecule has 2 rings (SSSR count). The fourth-order valence-electron chi connectivity index (χ4n) is 3.06. The minimum Gasteiger partial charge on any atom is -0.361 e. The Morgan fingerprint density at radius 1 is 1.25 bits per heavy atom. The van der Waals surface area contributed by atoms with Crippen LogP contribution in [0.4, 0.5) is 18.9 Å². The minimum atomic E-state index is -4.43. The summed E-state index contributed by atoms with van der Waals surface area (Å²) in [5, 5.41) is 2.71. The molecule has 0 aliphatic heterocycles. The van der Waals surface area contributed by atoms with E-state index < -0.39 is 11.7 Å². The molecular weight excluding hydrogens is 315 g/mol. The van der Waals surface area contributed by atoms with Gasteiger partial charge in [0.2, 0.25) is 0 Å². The van der Waals surface area contributed by atoms with Crippen molar-refractivity contribution in [2.45, 2.75) is 52.6 Å². The molecule has 1 saturated carbocycles. The Bertz CT molecular complexity index is 632. The van der Waals surface area contributed by atoms with E-state index in [1.165, 1.54) is 18.3 Å². The van der Waals surface area contributed by atoms with E-state index in [2.05, 4.69) is 26.1 Å². The van der Waals surface area contributed by atoms with Gasteiger partial charge in [-0.1, -0.05) is 39.3 Å². The number of para-hydroxylation sites is 1. The lowest BCUT2D eigenvalue weighted by Crippen LogP contribution is -2.29. The molecule has 1 fully saturated rings. The third kappa shape index (κ3) is 4.19. The van der Waals surface area contributed by atoms with Gasteiger partial charge < -0.3 is 5.32 Å². The van der Waals surface area contributed by atoms with Crippen LogP contribution >= 0.6 is 0 Å². The van der Waals surface area contributed by atoms with Crippen LogP contribution in [0.25, 0.3) is 0 Å². The topological polar surface area (TPSA) is 29.1 Å². The van der Waals surface area contributed by atoms with Crippen molar-refractivity contribution in [3.63, 3.8) is 0 Å². The van der Waals surface area contributed by atoms with Gasteiger partial charge in [-0.3, -0.25) is 4.79 Å². The Labute approximate surface area is 141 Å². The van der Waals surface area contributed by atoms with E-state index in [9.17, 15) is 18.0 Å². The van der Waals surface area contributed by atoms with E-state index in [1.54, 1.807) is 6.07 Å². The van der Waals surface area contributed by atoms with Gasteiger partial charge in [-0.25, -0.2) is 0 Å². The maximum absolute atomic E-state index is 13.0. The first-order valence-electron chi connectivity index (χ1n) is 8.30. The Hall–Kier alpha value is -1.78. The van der Waals surface area contributed by atoms with Crippen molar-refractivity contribution < 1.29 is 18.0 Å². The summed E-state index contributed by atoms with van der Waals surface area (Å²) in [5.74, 6) is 0.390. The number of carbonyl (C=O) groups excluding carboxylic acids is 1. The molecule has 1 aliphatic rings. The number of allylic oxidation sites excluding steroid dienone is 1. The van der Waals surface area contributed by atoms with Crippen LogP contribution in [0.2, 0.25) is 0 Å². The number of halogens is 3. The second-order valence-electron chi connectivity index (χ2n) is 7.06. The molecule has 1 atom stereocenters. The van der Waals surface area contributed by atoms with Crippen LogP contribution in [-0.2, 0) is 11.0 Å². The standard InChI is InChI=1S/C19H24F3NO/c1-4-18(2,3)14-9-10-17(24)13(11-14)12-23-16-8-6-5-7-15(16)19(20,21)22/h5-8,12,14,23H,4,9-11H2,1-3H3/b13-12+/t14-/m0/s1. The molecule has 0 radical (unpaired) electrons. The predicted octanol–water partition coefficient (Wildman–Crippen LogP) is 5.81. The molecular formula is C19H24F3NO. The third-order valence-corrected chi connectivity index (χ3v) is 5.20. The number of rotatable bonds is 4. The molecule has 1 N–H and O–H groups in total. The Morgan fingerprint density at radius 3 is 2.54 bits per heavy atom. The van der Waals surface area contributed by atoms with Gasteiger partial charge in [0.05, 0.1) is 11.3 Å². The summed E-state index contributed by atoms with van der Waals surface area (Å²) in [4.78, 5) is 12.1. The molecule has 1 aromatic rings. The second-order valence-corrected chi connectivity index (χ2v) is 7.06. The second kappa shape index (κ2) is 6.99. The number of carbonyl (C=O) groups is 1. The molecule has 0 aromatic heterocycles. The highest BCUT2D eigenvalue weighted by Crippen LogP contribution is 2.41. The van der Waals surface area contributed by atoms with Crippen molar-refractivity contribution in [2.24, 2.45) is 11.3 Å². The van der Waals surface area contributed by atoms with E-state index in [0.717, 1.165) is 18.9 Å². The fraction of sp³-hybridized carbons (Fsp3) is 0.526. The van der Waals surface area contributed by atoms with Crippen molar-refractivity contribution in [3.8, 4) is 0 Å². The molecule has 24 heavy (non-hydrogen) atoms. The Morgan fingerprint density at radius 2 is 1.92 bits per heavy atom. The molecule has 0 amide bonds. The highest BCUT2D eigenvalue weighted by atomic mass is 19.4. The van der Waals surface area contributed by atoms with Gasteiger partial charge in [-0.15, -0.1) is 0 Å². The average molecular weight is 339 g/mol. The van der Waals surface area contributed by atoms with Crippen LogP contribution in [-0.4, -0.2) is 5.78 Å². The molecule has 1 aliphatic carbocycles. The zero-order chi connectivity index (χ0) is 18.0. The normalized spacial score (nSPS) is 21.2. The van der Waals surface area contributed by atoms with Gasteiger partial charge in [0.1, 0.15) is 0 Å². The number of alkyl halides is 3. The fourth-order valence-corrected chi connectivity index (χ4v) is 3.06. The summed E-state index contributed by atoms with van der Waals surface area (Å²) in [6.07, 6.45) is -0.0424. The molecule has 0 bridgehead atoms. The van der Waals surface area contributed by atoms with E-state index in [-0.39, 0.29) is 16.9 Å². The number of anilines is 1. The molecule has 1 aromatic carbocycles. The number of Topliss-reactive ketones (excluding diaryl/α,β-unsaturated/α-hetero) is 1. The van der Waals surface area contributed by atoms with Crippen LogP contribution in [0.15, 0.2) is 36.0 Å². The van der Waals surface area contributed by atoms with Gasteiger partial charge >= 0.3 is 6.18 Å². The van der Waals surface area contributed by atoms with Crippen molar-refractivity contribution >= 4 is 11.5 Å². The van der Waals surface area contributed by atoms with Gasteiger partial charge in [0.15, 0.2) is 5.78 Å². The number of benzene rings is 1. The predicted molar refractivity (Wildman–Crippen MR) is 89.6 cm³/mol. The zero-order valence-corrected chi connectivity index (χ0v) is 14.3. The summed E-state index contributed by atoms with van der Waals surface area (Å²) >= 11 is 0. The van der Waals surface area contributed by atoms with Crippen LogP contribution in [0, 0.1) is 11.3 Å². The van der Waals surface area contributed by atoms with E-state index >= 15 is 0 Å². The van der Waals surface area contributed by atoms with Gasteiger partial charge in [0, 0.05) is 18.2 Å². The largest absolute Gasteiger partial charge is 0.418 e. The van der Waals surface area contributed by atoms with Gasteiger partial charge in [0.25, 0.3) is 0 Å². The molecule has 0 heterocycles. The van der Waals surface area contributed by atoms with Gasteiger partial charge in [-0.05, 0) is 36.3 Å². The summed E-state index contributed by atoms with van der Waals surface area (Å²) in [5.41, 5.74) is -0.0496. The monoisotopic (exact) mass is 339 g/mol. The first-order chi connectivity index (χ1) is 11.1. The first kappa shape index (κ1) is 18.6. The Balaban J connectivity index is 2.21. The minimum absolute atomic E-state index is 0.0233. The van der Waals surface area contributed by atoms with Crippen LogP contribution in [0.3, 0.4) is 0 Å². The average Bonchev–Trinajstić information content (AvgIpc) is 2.53. The van der Waals surface area contributed by atoms with E-state index in [1.807, 2.05) is 0 Å². The van der Waals surface area contributed by atoms with Crippen molar-refractivity contribution in [2.75, 3.05) is 5.32 Å². The van der Waals surface area contributed by atoms with Gasteiger partial charge in [-0.2, -0.15) is 13.2 Å². The quantitative estimate of drug-likeness (QED) is 0.702. The summed E-state index contributed by atoms with van der Waals surface area (Å²) in [6, 6.07) is 5.31. The highest BCUT2D eigenvalue weighted by Gasteiger charge is 2.34. The first-order valence-corrected chi connectivity index (χ1v) is 8.30. The number of nitrogens with one attached hydrogen (secondary N) is 1. The van der Waals surface area contributed by atoms with E-state index in [0.29, 0.717) is 24.3 Å². The van der Waals surface area contributed by atoms with Crippen molar-refractivity contribution in [1.82, 2.24) is 0 Å². The van der Waals surface area contributed by atoms with Crippen LogP contribution < -0.4 is 5.32 Å². The maximum atomic E-state index is 13.0. The summed E-state index contributed by atoms with van der Waals surface area (Å²) in [6.45, 7) is 6.48. The van der Waals surface area contributed by atoms with Crippen molar-refractivity contribution in [1.29, 1.82) is 0 Å². The third-order valence-electron chi connectivity index (χ3n) is 5.20. The molecule has 132 valence electrons. The van der Waals surface area contributed by atoms with Crippen LogP contribution in [0.1, 0.15) is 52.0 Å². The molecule has 0 spiro atoms. The maximum Gasteiger partial charge on any atom is 0.418 e. The molecule has 0 saturated heterocycles. The van der Waals surface area contributed by atoms with Crippen molar-refractivity contribution in [3.05, 3.63) is 41.6 Å². The zero-order valence-electron chi connectivity index (χ0n) is 14.3. The number of hydrogen-bond acceptors (Lipinski definition) is 2. The summed E-state index contributed by atoms with van der Waals surface area (Å²) < 4.78 is 39.1. The molecule has 5 heteroatoms. The Kier molecular flexibility index (Phi) is 5.41. The SMILES string of the molecule is CCC(C)(C)[C@H]1CCC(=O)/C(=C/Nc2ccccc2C(F)(F)F)C1. The molecule has 0 unspecified atom stereocenters. The highest BCUT2D eigenvalue weighted by molar-refractivity contribution is 5.96. The molecule has 2 nitrogen and oxygen atoms in total. The lowest BCUT2D eigenvalue weighted by atomic mass is 9.68. The number of ketones is 1. The lowest BCUT2D eigenvalue weighted by molar-refractivity contribution is -0.136. The lowest BCUT2D eigenvalue weighted by Gasteiger charge is -2.36. The smallest absolute Gasteiger partial charge is 0.361 e.